The van der Waals surface area contributed by atoms with E-state index in [1.165, 1.54) is 11.1 Å². The SMILES string of the molecule is CC(C)c1ccccc1C1NC(=O)CS1. The number of nitrogens with one attached hydrogen (secondary N) is 1. The van der Waals surface area contributed by atoms with Gasteiger partial charge in [0.05, 0.1) is 5.75 Å². The second-order valence-electron chi connectivity index (χ2n) is 4.04. The van der Waals surface area contributed by atoms with Crippen molar-refractivity contribution in [2.24, 2.45) is 0 Å². The van der Waals surface area contributed by atoms with Crippen LogP contribution in [0.1, 0.15) is 36.3 Å². The number of hydrogen-bond donors (Lipinski definition) is 1. The molecule has 0 spiro atoms. The van der Waals surface area contributed by atoms with Gasteiger partial charge in [-0.05, 0) is 17.0 Å². The summed E-state index contributed by atoms with van der Waals surface area (Å²) in [5.74, 6) is 1.22. The Morgan fingerprint density at radius 2 is 2.13 bits per heavy atom. The van der Waals surface area contributed by atoms with Gasteiger partial charge in [0.15, 0.2) is 0 Å². The molecular weight excluding hydrogens is 206 g/mol. The van der Waals surface area contributed by atoms with E-state index in [0.29, 0.717) is 11.7 Å². The zero-order chi connectivity index (χ0) is 10.8. The summed E-state index contributed by atoms with van der Waals surface area (Å²) in [6.07, 6.45) is 0. The van der Waals surface area contributed by atoms with Gasteiger partial charge in [-0.1, -0.05) is 38.1 Å². The Morgan fingerprint density at radius 3 is 2.73 bits per heavy atom. The van der Waals surface area contributed by atoms with Crippen molar-refractivity contribution in [3.63, 3.8) is 0 Å². The summed E-state index contributed by atoms with van der Waals surface area (Å²) in [6.45, 7) is 4.36. The maximum absolute atomic E-state index is 11.2. The molecule has 1 aliphatic heterocycles. The molecule has 1 unspecified atom stereocenters. The van der Waals surface area contributed by atoms with Crippen LogP contribution in [0.5, 0.6) is 0 Å². The summed E-state index contributed by atoms with van der Waals surface area (Å²) in [6, 6.07) is 8.34. The fraction of sp³-hybridized carbons (Fsp3) is 0.417. The van der Waals surface area contributed by atoms with Crippen molar-refractivity contribution in [2.75, 3.05) is 5.75 Å². The average molecular weight is 221 g/mol. The van der Waals surface area contributed by atoms with Gasteiger partial charge in [-0.3, -0.25) is 4.79 Å². The van der Waals surface area contributed by atoms with Crippen LogP contribution in [0.4, 0.5) is 0 Å². The number of amides is 1. The van der Waals surface area contributed by atoms with Crippen LogP contribution >= 0.6 is 11.8 Å². The van der Waals surface area contributed by atoms with Gasteiger partial charge in [-0.15, -0.1) is 11.8 Å². The maximum Gasteiger partial charge on any atom is 0.231 e. The van der Waals surface area contributed by atoms with Crippen LogP contribution in [-0.2, 0) is 4.79 Å². The van der Waals surface area contributed by atoms with Crippen molar-refractivity contribution < 1.29 is 4.79 Å². The van der Waals surface area contributed by atoms with E-state index in [2.05, 4.69) is 37.4 Å². The number of benzene rings is 1. The van der Waals surface area contributed by atoms with Gasteiger partial charge in [0, 0.05) is 0 Å². The van der Waals surface area contributed by atoms with E-state index in [1.807, 2.05) is 6.07 Å². The predicted octanol–water partition coefficient (Wildman–Crippen LogP) is 2.67. The summed E-state index contributed by atoms with van der Waals surface area (Å²) in [4.78, 5) is 11.2. The van der Waals surface area contributed by atoms with Crippen molar-refractivity contribution >= 4 is 17.7 Å². The van der Waals surface area contributed by atoms with Crippen LogP contribution in [0.3, 0.4) is 0 Å². The van der Waals surface area contributed by atoms with E-state index in [-0.39, 0.29) is 11.3 Å². The molecule has 1 saturated heterocycles. The third kappa shape index (κ3) is 2.17. The minimum atomic E-state index is 0.142. The molecule has 1 atom stereocenters. The summed E-state index contributed by atoms with van der Waals surface area (Å²) < 4.78 is 0. The zero-order valence-electron chi connectivity index (χ0n) is 8.99. The standard InChI is InChI=1S/C12H15NOS/c1-8(2)9-5-3-4-6-10(9)12-13-11(14)7-15-12/h3-6,8,12H,7H2,1-2H3,(H,13,14). The lowest BCUT2D eigenvalue weighted by atomic mass is 9.97. The Bertz CT molecular complexity index is 376. The Hall–Kier alpha value is -0.960. The fourth-order valence-electron chi connectivity index (χ4n) is 1.83. The van der Waals surface area contributed by atoms with Crippen molar-refractivity contribution in [3.05, 3.63) is 35.4 Å². The lowest BCUT2D eigenvalue weighted by Gasteiger charge is -2.17. The number of thioether (sulfide) groups is 1. The van der Waals surface area contributed by atoms with Crippen LogP contribution in [-0.4, -0.2) is 11.7 Å². The number of carbonyl (C=O) groups is 1. The van der Waals surface area contributed by atoms with Crippen LogP contribution < -0.4 is 5.32 Å². The Morgan fingerprint density at radius 1 is 1.40 bits per heavy atom. The number of hydrogen-bond acceptors (Lipinski definition) is 2. The smallest absolute Gasteiger partial charge is 0.231 e. The first-order valence-corrected chi connectivity index (χ1v) is 6.23. The first-order chi connectivity index (χ1) is 7.18. The molecule has 15 heavy (non-hydrogen) atoms. The molecule has 1 aromatic rings. The molecule has 2 rings (SSSR count). The van der Waals surface area contributed by atoms with E-state index in [9.17, 15) is 4.79 Å². The average Bonchev–Trinajstić information content (AvgIpc) is 2.65. The quantitative estimate of drug-likeness (QED) is 0.832. The molecule has 0 saturated carbocycles. The highest BCUT2D eigenvalue weighted by Gasteiger charge is 2.25. The summed E-state index contributed by atoms with van der Waals surface area (Å²) in [5.41, 5.74) is 2.58. The second-order valence-corrected chi connectivity index (χ2v) is 5.14. The predicted molar refractivity (Wildman–Crippen MR) is 63.9 cm³/mol. The zero-order valence-corrected chi connectivity index (χ0v) is 9.80. The van der Waals surface area contributed by atoms with Gasteiger partial charge in [-0.2, -0.15) is 0 Å². The molecule has 3 heteroatoms. The Labute approximate surface area is 94.4 Å². The molecule has 1 aromatic carbocycles. The van der Waals surface area contributed by atoms with Gasteiger partial charge in [0.2, 0.25) is 5.91 Å². The molecule has 80 valence electrons. The summed E-state index contributed by atoms with van der Waals surface area (Å²) in [5, 5.41) is 3.14. The maximum atomic E-state index is 11.2. The van der Waals surface area contributed by atoms with Gasteiger partial charge < -0.3 is 5.32 Å². The first-order valence-electron chi connectivity index (χ1n) is 5.18. The van der Waals surface area contributed by atoms with Crippen molar-refractivity contribution in [1.29, 1.82) is 0 Å². The molecule has 0 aliphatic carbocycles. The van der Waals surface area contributed by atoms with E-state index >= 15 is 0 Å². The molecule has 0 radical (unpaired) electrons. The normalized spacial score (nSPS) is 20.7. The summed E-state index contributed by atoms with van der Waals surface area (Å²) >= 11 is 1.67. The van der Waals surface area contributed by atoms with Gasteiger partial charge in [0.1, 0.15) is 5.37 Å². The molecule has 2 nitrogen and oxygen atoms in total. The van der Waals surface area contributed by atoms with E-state index in [0.717, 1.165) is 0 Å². The highest BCUT2D eigenvalue weighted by Crippen LogP contribution is 2.34. The molecule has 1 heterocycles. The van der Waals surface area contributed by atoms with Gasteiger partial charge >= 0.3 is 0 Å². The molecular formula is C12H15NOS. The molecule has 1 fully saturated rings. The van der Waals surface area contributed by atoms with Crippen LogP contribution in [0.25, 0.3) is 0 Å². The monoisotopic (exact) mass is 221 g/mol. The highest BCUT2D eigenvalue weighted by molar-refractivity contribution is 8.00. The first kappa shape index (κ1) is 10.6. The molecule has 0 aromatic heterocycles. The second kappa shape index (κ2) is 4.27. The van der Waals surface area contributed by atoms with Gasteiger partial charge in [0.25, 0.3) is 0 Å². The Kier molecular flexibility index (Phi) is 3.00. The molecule has 1 N–H and O–H groups in total. The minimum absolute atomic E-state index is 0.142. The van der Waals surface area contributed by atoms with Gasteiger partial charge in [-0.25, -0.2) is 0 Å². The third-order valence-corrected chi connectivity index (χ3v) is 3.71. The van der Waals surface area contributed by atoms with E-state index in [4.69, 9.17) is 0 Å². The fourth-order valence-corrected chi connectivity index (χ4v) is 2.84. The number of rotatable bonds is 2. The Balaban J connectivity index is 2.31. The molecule has 1 amide bonds. The number of carbonyl (C=O) groups excluding carboxylic acids is 1. The molecule has 1 aliphatic rings. The lowest BCUT2D eigenvalue weighted by molar-refractivity contribution is -0.118. The van der Waals surface area contributed by atoms with Crippen molar-refractivity contribution in [2.45, 2.75) is 25.1 Å². The molecule has 0 bridgehead atoms. The highest BCUT2D eigenvalue weighted by atomic mass is 32.2. The largest absolute Gasteiger partial charge is 0.339 e. The summed E-state index contributed by atoms with van der Waals surface area (Å²) in [7, 11) is 0. The topological polar surface area (TPSA) is 29.1 Å². The van der Waals surface area contributed by atoms with E-state index in [1.54, 1.807) is 11.8 Å². The van der Waals surface area contributed by atoms with Crippen molar-refractivity contribution in [3.8, 4) is 0 Å². The van der Waals surface area contributed by atoms with Crippen LogP contribution in [0.15, 0.2) is 24.3 Å². The van der Waals surface area contributed by atoms with Crippen molar-refractivity contribution in [1.82, 2.24) is 5.32 Å². The third-order valence-electron chi connectivity index (χ3n) is 2.57. The van der Waals surface area contributed by atoms with Crippen LogP contribution in [0, 0.1) is 0 Å². The lowest BCUT2D eigenvalue weighted by Crippen LogP contribution is -2.20. The van der Waals surface area contributed by atoms with E-state index < -0.39 is 0 Å². The minimum Gasteiger partial charge on any atom is -0.339 e. The van der Waals surface area contributed by atoms with Crippen LogP contribution in [0.2, 0.25) is 0 Å².